The number of rotatable bonds is 5. The first kappa shape index (κ1) is 75.5. The number of benzene rings is 7. The summed E-state index contributed by atoms with van der Waals surface area (Å²) in [5.41, 5.74) is 18.8. The van der Waals surface area contributed by atoms with Crippen molar-refractivity contribution in [1.29, 1.82) is 0 Å². The lowest BCUT2D eigenvalue weighted by atomic mass is 9.82. The van der Waals surface area contributed by atoms with Crippen molar-refractivity contribution in [3.63, 3.8) is 0 Å². The zero-order chi connectivity index (χ0) is 59.6. The Balaban J connectivity index is -0.000000818. The van der Waals surface area contributed by atoms with Crippen LogP contribution in [0.4, 0.5) is 0 Å². The minimum atomic E-state index is 0.260. The fourth-order valence-corrected chi connectivity index (χ4v) is 6.66. The molecular weight excluding hydrogens is 925 g/mol. The minimum Gasteiger partial charge on any atom is -0.103 e. The quantitative estimate of drug-likeness (QED) is 0.151. The van der Waals surface area contributed by atoms with Crippen LogP contribution in [0.3, 0.4) is 0 Å². The van der Waals surface area contributed by atoms with Gasteiger partial charge in [-0.05, 0) is 134 Å². The van der Waals surface area contributed by atoms with Gasteiger partial charge >= 0.3 is 0 Å². The van der Waals surface area contributed by atoms with E-state index in [2.05, 4.69) is 315 Å². The van der Waals surface area contributed by atoms with Crippen molar-refractivity contribution in [1.82, 2.24) is 0 Å². The average molecular weight is 1040 g/mol. The maximum atomic E-state index is 3.36. The summed E-state index contributed by atoms with van der Waals surface area (Å²) in [4.78, 5) is 0. The molecule has 7 aromatic carbocycles. The molecule has 0 saturated heterocycles. The molecule has 0 radical (unpaired) electrons. The van der Waals surface area contributed by atoms with Gasteiger partial charge in [0.2, 0.25) is 0 Å². The molecule has 0 aromatic heterocycles. The van der Waals surface area contributed by atoms with Gasteiger partial charge in [0.15, 0.2) is 0 Å². The van der Waals surface area contributed by atoms with Gasteiger partial charge in [-0.3, -0.25) is 0 Å². The molecule has 0 saturated carbocycles. The van der Waals surface area contributed by atoms with Crippen LogP contribution in [0.2, 0.25) is 0 Å². The number of allylic oxidation sites excluding steroid dienone is 1. The molecule has 0 aliphatic carbocycles. The van der Waals surface area contributed by atoms with Crippen LogP contribution in [-0.2, 0) is 41.9 Å². The highest BCUT2D eigenvalue weighted by molar-refractivity contribution is 5.31. The molecule has 0 aliphatic rings. The van der Waals surface area contributed by atoms with Gasteiger partial charge in [0, 0.05) is 0 Å². The van der Waals surface area contributed by atoms with Crippen LogP contribution in [0.1, 0.15) is 217 Å². The summed E-state index contributed by atoms with van der Waals surface area (Å²) in [5.74, 6) is 0.653. The molecule has 0 heterocycles. The predicted molar refractivity (Wildman–Crippen MR) is 355 cm³/mol. The van der Waals surface area contributed by atoms with E-state index in [9.17, 15) is 0 Å². The van der Waals surface area contributed by atoms with Crippen LogP contribution in [-0.4, -0.2) is 0 Å². The lowest BCUT2D eigenvalue weighted by molar-refractivity contribution is 0.577. The molecule has 0 amide bonds. The van der Waals surface area contributed by atoms with Crippen LogP contribution in [0.25, 0.3) is 0 Å². The van der Waals surface area contributed by atoms with Gasteiger partial charge < -0.3 is 0 Å². The summed E-state index contributed by atoms with van der Waals surface area (Å²) in [6.45, 7) is 57.1. The minimum absolute atomic E-state index is 0.260. The van der Waals surface area contributed by atoms with E-state index in [-0.39, 0.29) is 16.2 Å². The standard InChI is InChI=1S/C14H22.C11H16.2C10H14.C9H12.2C8H10.C3H6.2C2H6/c1-13(2,3)11-7-9-12(10-8-11)14(4,5)6;1-9-5-7-10(8-6-9)11(2,3)4;1-8(2)10-6-4-9(3)5-7-10;1-3-9-5-7-10(4-2)8-6-9;1-3-9-6-4-8(2)5-7-9;1-7-3-5-8(2)6-4-7;1-2-8-6-4-3-5-7-8;1-3-2;2*1-2/h7-10H,1-6H3;5-8H,1-4H3;4-8H,1-3H3;5-8H,3-4H2,1-2H3;4-7H,3H2,1-2H3;3-6H,1-2H3;3-7H,2H2,1H3;3H,1H2,2H3;2*1-2H3. The third-order valence-electron chi connectivity index (χ3n) is 12.1. The molecular formula is C77H116. The monoisotopic (exact) mass is 1040 g/mol. The molecule has 0 nitrogen and oxygen atoms in total. The van der Waals surface area contributed by atoms with E-state index in [0.717, 1.165) is 25.7 Å². The van der Waals surface area contributed by atoms with Crippen LogP contribution >= 0.6 is 0 Å². The highest BCUT2D eigenvalue weighted by Gasteiger charge is 2.17. The van der Waals surface area contributed by atoms with E-state index in [4.69, 9.17) is 0 Å². The van der Waals surface area contributed by atoms with Crippen LogP contribution < -0.4 is 0 Å². The first-order chi connectivity index (χ1) is 36.2. The zero-order valence-electron chi connectivity index (χ0n) is 54.4. The SMILES string of the molecule is C=CC.CC.CC.CC(C)(C)c1ccc(C(C)(C)C)cc1.CCc1ccc(C)cc1.CCc1ccc(CC)cc1.CCc1ccccc1.Cc1ccc(C(C)(C)C)cc1.Cc1ccc(C(C)C)cc1.Cc1ccc(C)cc1. The topological polar surface area (TPSA) is 0 Å². The Morgan fingerprint density at radius 3 is 0.714 bits per heavy atom. The molecule has 77 heavy (non-hydrogen) atoms. The second-order valence-corrected chi connectivity index (χ2v) is 22.5. The molecule has 0 spiro atoms. The Morgan fingerprint density at radius 1 is 0.325 bits per heavy atom. The molecule has 7 rings (SSSR count). The summed E-state index contributed by atoms with van der Waals surface area (Å²) in [5, 5.41) is 0. The Hall–Kier alpha value is -5.72. The van der Waals surface area contributed by atoms with Crippen molar-refractivity contribution >= 4 is 0 Å². The summed E-state index contributed by atoms with van der Waals surface area (Å²) in [7, 11) is 0. The van der Waals surface area contributed by atoms with Gasteiger partial charge in [-0.1, -0.05) is 341 Å². The first-order valence-corrected chi connectivity index (χ1v) is 29.3. The molecule has 424 valence electrons. The highest BCUT2D eigenvalue weighted by atomic mass is 14.2. The molecule has 0 N–H and O–H groups in total. The van der Waals surface area contributed by atoms with Crippen molar-refractivity contribution in [3.8, 4) is 0 Å². The first-order valence-electron chi connectivity index (χ1n) is 29.3. The second kappa shape index (κ2) is 43.3. The fourth-order valence-electron chi connectivity index (χ4n) is 6.66. The Bertz CT molecular complexity index is 2310. The van der Waals surface area contributed by atoms with Gasteiger partial charge in [-0.15, -0.1) is 6.58 Å². The van der Waals surface area contributed by atoms with Crippen LogP contribution in [0.15, 0.2) is 189 Å². The van der Waals surface area contributed by atoms with Gasteiger partial charge in [-0.25, -0.2) is 0 Å². The van der Waals surface area contributed by atoms with E-state index < -0.39 is 0 Å². The molecule has 7 aromatic rings. The van der Waals surface area contributed by atoms with E-state index in [1.807, 2.05) is 40.7 Å². The largest absolute Gasteiger partial charge is 0.103 e. The summed E-state index contributed by atoms with van der Waals surface area (Å²) >= 11 is 0. The zero-order valence-corrected chi connectivity index (χ0v) is 54.4. The number of hydrogen-bond donors (Lipinski definition) is 0. The van der Waals surface area contributed by atoms with E-state index in [1.54, 1.807) is 6.08 Å². The lowest BCUT2D eigenvalue weighted by Gasteiger charge is -2.23. The maximum Gasteiger partial charge on any atom is -0.0132 e. The molecule has 0 atom stereocenters. The number of hydrogen-bond acceptors (Lipinski definition) is 0. The summed E-state index contributed by atoms with van der Waals surface area (Å²) < 4.78 is 0. The predicted octanol–water partition coefficient (Wildman–Crippen LogP) is 23.9. The maximum absolute atomic E-state index is 3.36. The molecule has 0 heteroatoms. The Kier molecular flexibility index (Phi) is 42.4. The van der Waals surface area contributed by atoms with E-state index in [1.165, 1.54) is 72.3 Å². The molecule has 0 fully saturated rings. The number of aryl methyl sites for hydroxylation is 9. The Morgan fingerprint density at radius 2 is 0.506 bits per heavy atom. The molecule has 0 unspecified atom stereocenters. The smallest absolute Gasteiger partial charge is 0.0132 e. The Labute approximate surface area is 479 Å². The van der Waals surface area contributed by atoms with E-state index in [0.29, 0.717) is 5.92 Å². The fraction of sp³-hybridized carbons (Fsp3) is 0.429. The van der Waals surface area contributed by atoms with Crippen molar-refractivity contribution in [2.45, 2.75) is 221 Å². The third kappa shape index (κ3) is 38.5. The van der Waals surface area contributed by atoms with Crippen molar-refractivity contribution in [3.05, 3.63) is 261 Å². The van der Waals surface area contributed by atoms with Crippen LogP contribution in [0.5, 0.6) is 0 Å². The molecule has 0 bridgehead atoms. The highest BCUT2D eigenvalue weighted by Crippen LogP contribution is 2.27. The third-order valence-corrected chi connectivity index (χ3v) is 12.1. The van der Waals surface area contributed by atoms with Crippen molar-refractivity contribution < 1.29 is 0 Å². The van der Waals surface area contributed by atoms with Gasteiger partial charge in [0.1, 0.15) is 0 Å². The van der Waals surface area contributed by atoms with Gasteiger partial charge in [-0.2, -0.15) is 0 Å². The second-order valence-electron chi connectivity index (χ2n) is 22.5. The van der Waals surface area contributed by atoms with E-state index >= 15 is 0 Å². The molecule has 0 aliphatic heterocycles. The average Bonchev–Trinajstić information content (AvgIpc) is 3.42. The van der Waals surface area contributed by atoms with Gasteiger partial charge in [0.25, 0.3) is 0 Å². The lowest BCUT2D eigenvalue weighted by Crippen LogP contribution is -2.14. The summed E-state index contributed by atoms with van der Waals surface area (Å²) in [6, 6.07) is 62.9. The van der Waals surface area contributed by atoms with Crippen molar-refractivity contribution in [2.75, 3.05) is 0 Å². The van der Waals surface area contributed by atoms with Gasteiger partial charge in [0.05, 0.1) is 0 Å². The normalized spacial score (nSPS) is 10.0. The summed E-state index contributed by atoms with van der Waals surface area (Å²) in [6.07, 6.45) is 6.31. The van der Waals surface area contributed by atoms with Crippen LogP contribution in [0, 0.1) is 34.6 Å². The van der Waals surface area contributed by atoms with Crippen molar-refractivity contribution in [2.24, 2.45) is 0 Å².